The molecule has 0 amide bonds. The number of ether oxygens (including phenoxy) is 2. The summed E-state index contributed by atoms with van der Waals surface area (Å²) in [4.78, 5) is 17.4. The van der Waals surface area contributed by atoms with Gasteiger partial charge < -0.3 is 24.7 Å². The van der Waals surface area contributed by atoms with E-state index < -0.39 is 0 Å². The number of nitrogens with zero attached hydrogens (tertiary/aromatic N) is 5. The number of hydrogen-bond donors (Lipinski definition) is 1. The molecule has 6 rings (SSSR count). The van der Waals surface area contributed by atoms with Gasteiger partial charge >= 0.3 is 0 Å². The van der Waals surface area contributed by atoms with Crippen molar-refractivity contribution in [3.05, 3.63) is 22.9 Å². The van der Waals surface area contributed by atoms with Gasteiger partial charge in [0.05, 0.1) is 6.33 Å². The molecule has 2 fully saturated rings. The Morgan fingerprint density at radius 3 is 2.69 bits per heavy atom. The minimum Gasteiger partial charge on any atom is -0.454 e. The van der Waals surface area contributed by atoms with Crippen molar-refractivity contribution in [2.24, 2.45) is 5.92 Å². The number of aryl methyl sites for hydroxylation is 1. The fraction of sp³-hybridized carbons (Fsp3) is 0.500. The van der Waals surface area contributed by atoms with Crippen molar-refractivity contribution in [3.8, 4) is 23.0 Å². The quantitative estimate of drug-likeness (QED) is 0.537. The summed E-state index contributed by atoms with van der Waals surface area (Å²) in [5, 5.41) is 0.644. The molecule has 1 aromatic carbocycles. The summed E-state index contributed by atoms with van der Waals surface area (Å²) in [6.45, 7) is 1.13. The average Bonchev–Trinajstić information content (AvgIpc) is 3.44. The summed E-state index contributed by atoms with van der Waals surface area (Å²) in [5.41, 5.74) is 6.81. The Bertz CT molecular complexity index is 1130. The predicted octanol–water partition coefficient (Wildman–Crippen LogP) is 4.27. The number of anilines is 1. The van der Waals surface area contributed by atoms with Gasteiger partial charge in [-0.2, -0.15) is 0 Å². The van der Waals surface area contributed by atoms with E-state index in [1.165, 1.54) is 37.4 Å². The molecule has 168 valence electrons. The van der Waals surface area contributed by atoms with E-state index in [1.807, 2.05) is 12.1 Å². The maximum atomic E-state index is 6.15. The summed E-state index contributed by atoms with van der Waals surface area (Å²) < 4.78 is 14.0. The number of nitrogen functional groups attached to an aromatic ring is 1. The fourth-order valence-electron chi connectivity index (χ4n) is 5.30. The lowest BCUT2D eigenvalue weighted by atomic mass is 9.88. The second kappa shape index (κ2) is 8.07. The van der Waals surface area contributed by atoms with Crippen molar-refractivity contribution in [1.82, 2.24) is 24.4 Å². The van der Waals surface area contributed by atoms with E-state index in [9.17, 15) is 0 Å². The van der Waals surface area contributed by atoms with Crippen LogP contribution in [0.2, 0.25) is 0 Å². The van der Waals surface area contributed by atoms with Crippen LogP contribution in [-0.2, 0) is 6.54 Å². The van der Waals surface area contributed by atoms with Crippen LogP contribution < -0.4 is 15.2 Å². The highest BCUT2D eigenvalue weighted by Crippen LogP contribution is 2.43. The second-order valence-electron chi connectivity index (χ2n) is 8.92. The molecule has 2 atom stereocenters. The molecule has 5 heterocycles. The molecule has 2 unspecified atom stereocenters. The Balaban J connectivity index is 1.22. The zero-order chi connectivity index (χ0) is 21.8. The Hall–Kier alpha value is -2.04. The van der Waals surface area contributed by atoms with E-state index in [0.717, 1.165) is 57.7 Å². The molecular weight excluding hydrogens is 492 g/mol. The van der Waals surface area contributed by atoms with Crippen LogP contribution in [0, 0.1) is 5.92 Å². The van der Waals surface area contributed by atoms with Crippen molar-refractivity contribution in [3.63, 3.8) is 0 Å². The van der Waals surface area contributed by atoms with E-state index in [4.69, 9.17) is 20.2 Å². The summed E-state index contributed by atoms with van der Waals surface area (Å²) in [6, 6.07) is 5.38. The van der Waals surface area contributed by atoms with Gasteiger partial charge in [-0.1, -0.05) is 0 Å². The third-order valence-electron chi connectivity index (χ3n) is 7.07. The van der Waals surface area contributed by atoms with Crippen LogP contribution >= 0.6 is 27.7 Å². The van der Waals surface area contributed by atoms with Gasteiger partial charge in [0.2, 0.25) is 6.79 Å². The molecule has 10 heteroatoms. The highest BCUT2D eigenvalue weighted by Gasteiger charge is 2.38. The summed E-state index contributed by atoms with van der Waals surface area (Å²) in [5.74, 6) is 3.44. The number of hydrogen-bond acceptors (Lipinski definition) is 8. The van der Waals surface area contributed by atoms with Gasteiger partial charge in [0.25, 0.3) is 0 Å². The molecule has 5 aliphatic rings. The number of imidazole rings is 1. The number of rotatable bonds is 5. The van der Waals surface area contributed by atoms with Gasteiger partial charge in [0.1, 0.15) is 0 Å². The molecule has 1 aromatic rings. The number of fused-ring (bicyclic) bond motifs is 4. The molecule has 0 radical (unpaired) electrons. The lowest BCUT2D eigenvalue weighted by Crippen LogP contribution is -2.40. The number of halogens is 1. The average molecular weight is 517 g/mol. The fourth-order valence-corrected chi connectivity index (χ4v) is 6.65. The number of piperidine rings is 1. The molecule has 2 saturated heterocycles. The van der Waals surface area contributed by atoms with E-state index in [2.05, 4.69) is 42.4 Å². The minimum absolute atomic E-state index is 0.244. The topological polar surface area (TPSA) is 91.3 Å². The molecule has 2 N–H and O–H groups in total. The van der Waals surface area contributed by atoms with Gasteiger partial charge in [-0.15, -0.1) is 0 Å². The molecule has 32 heavy (non-hydrogen) atoms. The summed E-state index contributed by atoms with van der Waals surface area (Å²) >= 11 is 5.08. The van der Waals surface area contributed by atoms with E-state index >= 15 is 0 Å². The number of nitrogens with two attached hydrogens (primary N) is 1. The molecule has 0 spiro atoms. The highest BCUT2D eigenvalue weighted by atomic mass is 79.9. The van der Waals surface area contributed by atoms with E-state index in [0.29, 0.717) is 16.7 Å². The first-order chi connectivity index (χ1) is 15.5. The highest BCUT2D eigenvalue weighted by molar-refractivity contribution is 9.10. The smallest absolute Gasteiger partial charge is 0.231 e. The van der Waals surface area contributed by atoms with Gasteiger partial charge in [-0.05, 0) is 84.9 Å². The Morgan fingerprint density at radius 2 is 1.91 bits per heavy atom. The SMILES string of the molecule is CN1C2CCC1CC(CCn1cnc(N)c3nc(Sc4cc5c(cc4Br)OCO5)nc1-3)C2. The molecular formula is C22H25BrN6O2S. The Morgan fingerprint density at radius 1 is 1.16 bits per heavy atom. The lowest BCUT2D eigenvalue weighted by molar-refractivity contribution is 0.127. The van der Waals surface area contributed by atoms with Crippen LogP contribution in [0.4, 0.5) is 5.82 Å². The van der Waals surface area contributed by atoms with Crippen molar-refractivity contribution in [2.45, 2.75) is 60.8 Å². The van der Waals surface area contributed by atoms with Crippen LogP contribution in [0.1, 0.15) is 32.1 Å². The monoisotopic (exact) mass is 516 g/mol. The molecule has 0 aromatic heterocycles. The van der Waals surface area contributed by atoms with Crippen LogP contribution in [0.15, 0.2) is 33.0 Å². The van der Waals surface area contributed by atoms with Gasteiger partial charge in [0, 0.05) is 28.0 Å². The largest absolute Gasteiger partial charge is 0.454 e. The van der Waals surface area contributed by atoms with Crippen LogP contribution in [-0.4, -0.2) is 50.3 Å². The summed E-state index contributed by atoms with van der Waals surface area (Å²) in [7, 11) is 2.29. The Labute approximate surface area is 199 Å². The molecule has 0 aliphatic carbocycles. The van der Waals surface area contributed by atoms with Crippen molar-refractivity contribution >= 4 is 33.5 Å². The van der Waals surface area contributed by atoms with Gasteiger partial charge in [-0.25, -0.2) is 15.0 Å². The molecule has 5 aliphatic heterocycles. The lowest BCUT2D eigenvalue weighted by Gasteiger charge is -2.36. The zero-order valence-corrected chi connectivity index (χ0v) is 20.2. The maximum absolute atomic E-state index is 6.15. The van der Waals surface area contributed by atoms with E-state index in [-0.39, 0.29) is 6.79 Å². The normalized spacial score (nSPS) is 24.5. The van der Waals surface area contributed by atoms with Crippen LogP contribution in [0.25, 0.3) is 11.5 Å². The molecule has 0 saturated carbocycles. The number of aromatic nitrogens is 4. The predicted molar refractivity (Wildman–Crippen MR) is 125 cm³/mol. The zero-order valence-electron chi connectivity index (χ0n) is 17.8. The molecule has 2 bridgehead atoms. The first-order valence-corrected chi connectivity index (χ1v) is 12.6. The van der Waals surface area contributed by atoms with Crippen molar-refractivity contribution < 1.29 is 9.47 Å². The maximum Gasteiger partial charge on any atom is 0.231 e. The first kappa shape index (κ1) is 20.6. The van der Waals surface area contributed by atoms with Crippen LogP contribution in [0.5, 0.6) is 11.5 Å². The van der Waals surface area contributed by atoms with Gasteiger partial charge in [-0.3, -0.25) is 0 Å². The van der Waals surface area contributed by atoms with Crippen molar-refractivity contribution in [1.29, 1.82) is 0 Å². The van der Waals surface area contributed by atoms with Crippen LogP contribution in [0.3, 0.4) is 0 Å². The third kappa shape index (κ3) is 3.62. The van der Waals surface area contributed by atoms with Crippen molar-refractivity contribution in [2.75, 3.05) is 19.6 Å². The standard InChI is InChI=1S/C22H25BrN6O2S/c1-28-13-2-3-14(28)7-12(6-13)4-5-29-10-25-20(24)19-21(29)27-22(26-19)32-18-9-17-16(8-15(18)23)30-11-31-17/h8-10,12-14H,2-7,11,24H2,1H3. The van der Waals surface area contributed by atoms with E-state index in [1.54, 1.807) is 6.33 Å². The third-order valence-corrected chi connectivity index (χ3v) is 8.92. The second-order valence-corrected chi connectivity index (χ2v) is 10.8. The number of benzene rings is 1. The van der Waals surface area contributed by atoms with Gasteiger partial charge in [0.15, 0.2) is 34.0 Å². The first-order valence-electron chi connectivity index (χ1n) is 11.0. The minimum atomic E-state index is 0.244. The summed E-state index contributed by atoms with van der Waals surface area (Å²) in [6.07, 6.45) is 8.23. The Kier molecular flexibility index (Phi) is 5.19. The molecule has 8 nitrogen and oxygen atoms in total.